The Hall–Kier alpha value is -0.890. The minimum Gasteiger partial charge on any atom is -0.382 e. The van der Waals surface area contributed by atoms with Gasteiger partial charge >= 0.3 is 0 Å². The lowest BCUT2D eigenvalue weighted by Gasteiger charge is -2.07. The van der Waals surface area contributed by atoms with Gasteiger partial charge in [0.15, 0.2) is 0 Å². The van der Waals surface area contributed by atoms with E-state index in [2.05, 4.69) is 11.8 Å². The van der Waals surface area contributed by atoms with E-state index in [0.29, 0.717) is 19.8 Å². The van der Waals surface area contributed by atoms with Crippen molar-refractivity contribution in [2.75, 3.05) is 26.4 Å². The highest BCUT2D eigenvalue weighted by atomic mass is 16.5. The monoisotopic (exact) mass is 213 g/mol. The van der Waals surface area contributed by atoms with E-state index in [1.165, 1.54) is 0 Å². The molecule has 0 bridgehead atoms. The first-order valence-corrected chi connectivity index (χ1v) is 5.10. The number of ketones is 1. The van der Waals surface area contributed by atoms with Gasteiger partial charge in [0.25, 0.3) is 0 Å². The summed E-state index contributed by atoms with van der Waals surface area (Å²) in [6.07, 6.45) is 0.814. The third kappa shape index (κ3) is 8.13. The maximum atomic E-state index is 11.1. The zero-order chi connectivity index (χ0) is 11.5. The molecule has 1 unspecified atom stereocenters. The second kappa shape index (κ2) is 9.66. The van der Waals surface area contributed by atoms with E-state index >= 15 is 0 Å². The molecule has 1 atom stereocenters. The lowest BCUT2D eigenvalue weighted by atomic mass is 10.2. The van der Waals surface area contributed by atoms with Crippen LogP contribution in [0.4, 0.5) is 0 Å². The molecule has 4 heteroatoms. The summed E-state index contributed by atoms with van der Waals surface area (Å²) in [5.41, 5.74) is 5.54. The number of Topliss-reactive ketones (excluding diaryl/α,β-unsaturated/α-hetero) is 1. The zero-order valence-electron chi connectivity index (χ0n) is 9.41. The fraction of sp³-hybridized carbons (Fsp3) is 0.727. The number of carbonyl (C=O) groups excluding carboxylic acids is 1. The van der Waals surface area contributed by atoms with E-state index in [1.54, 1.807) is 6.92 Å². The molecule has 0 heterocycles. The quantitative estimate of drug-likeness (QED) is 0.359. The van der Waals surface area contributed by atoms with E-state index in [0.717, 1.165) is 6.42 Å². The fourth-order valence-electron chi connectivity index (χ4n) is 0.909. The molecule has 0 aliphatic carbocycles. The van der Waals surface area contributed by atoms with Crippen molar-refractivity contribution < 1.29 is 14.3 Å². The Kier molecular flexibility index (Phi) is 9.08. The van der Waals surface area contributed by atoms with Crippen LogP contribution < -0.4 is 5.73 Å². The molecule has 4 nitrogen and oxygen atoms in total. The maximum Gasteiger partial charge on any atom is 0.224 e. The van der Waals surface area contributed by atoms with Crippen LogP contribution in [-0.2, 0) is 14.3 Å². The molecule has 0 saturated heterocycles. The van der Waals surface area contributed by atoms with Gasteiger partial charge in [0.2, 0.25) is 5.78 Å². The number of hydrogen-bond donors (Lipinski definition) is 1. The molecule has 0 saturated carbocycles. The van der Waals surface area contributed by atoms with Crippen molar-refractivity contribution in [2.45, 2.75) is 26.3 Å². The Morgan fingerprint density at radius 2 is 2.07 bits per heavy atom. The molecule has 0 aromatic heterocycles. The summed E-state index contributed by atoms with van der Waals surface area (Å²) < 4.78 is 10.3. The Morgan fingerprint density at radius 1 is 1.40 bits per heavy atom. The van der Waals surface area contributed by atoms with Crippen molar-refractivity contribution in [1.29, 1.82) is 0 Å². The van der Waals surface area contributed by atoms with E-state index < -0.39 is 6.04 Å². The zero-order valence-corrected chi connectivity index (χ0v) is 9.41. The summed E-state index contributed by atoms with van der Waals surface area (Å²) in [6.45, 7) is 5.71. The molecule has 0 radical (unpaired) electrons. The largest absolute Gasteiger partial charge is 0.382 e. The van der Waals surface area contributed by atoms with Crippen molar-refractivity contribution in [1.82, 2.24) is 0 Å². The second-order valence-corrected chi connectivity index (χ2v) is 2.97. The Morgan fingerprint density at radius 3 is 2.67 bits per heavy atom. The van der Waals surface area contributed by atoms with Gasteiger partial charge in [0.1, 0.15) is 0 Å². The third-order valence-electron chi connectivity index (χ3n) is 1.66. The van der Waals surface area contributed by atoms with Crippen LogP contribution in [0.25, 0.3) is 0 Å². The van der Waals surface area contributed by atoms with Gasteiger partial charge in [-0.25, -0.2) is 0 Å². The number of nitrogens with two attached hydrogens (primary N) is 1. The summed E-state index contributed by atoms with van der Waals surface area (Å²) in [6, 6.07) is -0.635. The van der Waals surface area contributed by atoms with Crippen LogP contribution in [0.15, 0.2) is 0 Å². The average molecular weight is 213 g/mol. The van der Waals surface area contributed by atoms with Crippen molar-refractivity contribution in [3.05, 3.63) is 0 Å². The molecule has 0 aromatic rings. The molecule has 0 aliphatic heterocycles. The van der Waals surface area contributed by atoms with Gasteiger partial charge < -0.3 is 15.2 Å². The number of rotatable bonds is 8. The standard InChI is InChI=1S/C11H19NO3/c1-3-6-11(13)10(12)9-15-8-5-7-14-4-2/h10H,4-5,7-9,12H2,1-2H3. The van der Waals surface area contributed by atoms with Crippen molar-refractivity contribution in [3.8, 4) is 11.8 Å². The minimum absolute atomic E-state index is 0.222. The Bertz CT molecular complexity index is 230. The van der Waals surface area contributed by atoms with Gasteiger partial charge in [-0.05, 0) is 26.2 Å². The molecule has 0 aromatic carbocycles. The van der Waals surface area contributed by atoms with E-state index in [9.17, 15) is 4.79 Å². The lowest BCUT2D eigenvalue weighted by molar-refractivity contribution is -0.116. The van der Waals surface area contributed by atoms with Crippen LogP contribution in [0.5, 0.6) is 0 Å². The van der Waals surface area contributed by atoms with Crippen LogP contribution in [0, 0.1) is 11.8 Å². The van der Waals surface area contributed by atoms with Gasteiger partial charge in [0.05, 0.1) is 12.6 Å². The van der Waals surface area contributed by atoms with E-state index in [4.69, 9.17) is 15.2 Å². The Balaban J connectivity index is 3.41. The van der Waals surface area contributed by atoms with Crippen molar-refractivity contribution in [2.24, 2.45) is 5.73 Å². The third-order valence-corrected chi connectivity index (χ3v) is 1.66. The van der Waals surface area contributed by atoms with Crippen LogP contribution in [0.3, 0.4) is 0 Å². The predicted octanol–water partition coefficient (Wildman–Crippen LogP) is 0.349. The van der Waals surface area contributed by atoms with Gasteiger partial charge in [-0.15, -0.1) is 0 Å². The highest BCUT2D eigenvalue weighted by Crippen LogP contribution is 1.88. The first kappa shape index (κ1) is 14.1. The van der Waals surface area contributed by atoms with Gasteiger partial charge in [0, 0.05) is 19.8 Å². The summed E-state index contributed by atoms with van der Waals surface area (Å²) in [5, 5.41) is 0. The number of carbonyl (C=O) groups is 1. The SMILES string of the molecule is CC#CC(=O)C(N)COCCCOCC. The lowest BCUT2D eigenvalue weighted by Crippen LogP contribution is -2.34. The summed E-state index contributed by atoms with van der Waals surface area (Å²) >= 11 is 0. The smallest absolute Gasteiger partial charge is 0.224 e. The Labute approximate surface area is 91.1 Å². The van der Waals surface area contributed by atoms with Crippen molar-refractivity contribution in [3.63, 3.8) is 0 Å². The first-order chi connectivity index (χ1) is 7.22. The highest BCUT2D eigenvalue weighted by molar-refractivity contribution is 5.99. The number of ether oxygens (including phenoxy) is 2. The molecule has 15 heavy (non-hydrogen) atoms. The molecule has 0 rings (SSSR count). The first-order valence-electron chi connectivity index (χ1n) is 5.10. The molecule has 0 spiro atoms. The average Bonchev–Trinajstić information content (AvgIpc) is 2.23. The van der Waals surface area contributed by atoms with Gasteiger partial charge in [-0.2, -0.15) is 0 Å². The van der Waals surface area contributed by atoms with Crippen LogP contribution in [0.2, 0.25) is 0 Å². The van der Waals surface area contributed by atoms with Gasteiger partial charge in [-0.3, -0.25) is 4.79 Å². The van der Waals surface area contributed by atoms with Crippen molar-refractivity contribution >= 4 is 5.78 Å². The minimum atomic E-state index is -0.635. The molecule has 0 fully saturated rings. The van der Waals surface area contributed by atoms with Crippen LogP contribution >= 0.6 is 0 Å². The van der Waals surface area contributed by atoms with Crippen LogP contribution in [-0.4, -0.2) is 38.3 Å². The highest BCUT2D eigenvalue weighted by Gasteiger charge is 2.10. The van der Waals surface area contributed by atoms with Gasteiger partial charge in [-0.1, -0.05) is 5.92 Å². The number of hydrogen-bond acceptors (Lipinski definition) is 4. The summed E-state index contributed by atoms with van der Waals surface area (Å²) in [4.78, 5) is 11.1. The molecular formula is C11H19NO3. The van der Waals surface area contributed by atoms with E-state index in [1.807, 2.05) is 6.92 Å². The fourth-order valence-corrected chi connectivity index (χ4v) is 0.909. The molecule has 0 aliphatic rings. The maximum absolute atomic E-state index is 11.1. The normalized spacial score (nSPS) is 11.7. The molecule has 86 valence electrons. The summed E-state index contributed by atoms with van der Waals surface area (Å²) in [7, 11) is 0. The van der Waals surface area contributed by atoms with Crippen LogP contribution in [0.1, 0.15) is 20.3 Å². The predicted molar refractivity (Wildman–Crippen MR) is 58.4 cm³/mol. The molecule has 2 N–H and O–H groups in total. The molecular weight excluding hydrogens is 194 g/mol. The summed E-state index contributed by atoms with van der Waals surface area (Å²) in [5.74, 6) is 4.62. The van der Waals surface area contributed by atoms with E-state index in [-0.39, 0.29) is 12.4 Å². The topological polar surface area (TPSA) is 61.6 Å². The second-order valence-electron chi connectivity index (χ2n) is 2.97. The molecule has 0 amide bonds.